The van der Waals surface area contributed by atoms with Crippen molar-refractivity contribution in [3.8, 4) is 5.75 Å². The number of hydrogen-bond donors (Lipinski definition) is 0. The van der Waals surface area contributed by atoms with E-state index in [-0.39, 0.29) is 11.1 Å². The molecule has 0 aliphatic carbocycles. The first kappa shape index (κ1) is 12.6. The predicted octanol–water partition coefficient (Wildman–Crippen LogP) is 2.61. The second-order valence-electron chi connectivity index (χ2n) is 4.46. The fourth-order valence-corrected chi connectivity index (χ4v) is 2.05. The molecule has 0 atom stereocenters. The molecule has 92 valence electrons. The largest absolute Gasteiger partial charge is 0.493 e. The Morgan fingerprint density at radius 3 is 2.82 bits per heavy atom. The van der Waals surface area contributed by atoms with Gasteiger partial charge in [-0.25, -0.2) is 0 Å². The van der Waals surface area contributed by atoms with Gasteiger partial charge < -0.3 is 9.47 Å². The molecule has 1 aromatic rings. The van der Waals surface area contributed by atoms with E-state index in [1.54, 1.807) is 12.1 Å². The quantitative estimate of drug-likeness (QED) is 0.476. The first-order chi connectivity index (χ1) is 8.00. The zero-order valence-electron chi connectivity index (χ0n) is 9.31. The normalized spacial score (nSPS) is 17.3. The van der Waals surface area contributed by atoms with Crippen LogP contribution in [-0.2, 0) is 4.74 Å². The van der Waals surface area contributed by atoms with Crippen LogP contribution >= 0.6 is 22.6 Å². The van der Waals surface area contributed by atoms with Gasteiger partial charge in [0.05, 0.1) is 34.4 Å². The molecule has 5 nitrogen and oxygen atoms in total. The second-order valence-corrected chi connectivity index (χ2v) is 5.62. The van der Waals surface area contributed by atoms with Crippen molar-refractivity contribution in [2.24, 2.45) is 5.41 Å². The molecule has 1 saturated heterocycles. The number of nitro benzene ring substituents is 1. The molecule has 0 spiro atoms. The average molecular weight is 349 g/mol. The Hall–Kier alpha value is -0.890. The zero-order chi connectivity index (χ0) is 12.5. The molecule has 1 aliphatic heterocycles. The Morgan fingerprint density at radius 1 is 1.59 bits per heavy atom. The summed E-state index contributed by atoms with van der Waals surface area (Å²) < 4.78 is 11.3. The standard InChI is InChI=1S/C11H12INO4/c1-11(5-16-6-11)7-17-8-2-3-9(12)10(4-8)13(14)15/h2-4H,5-7H2,1H3. The van der Waals surface area contributed by atoms with Crippen molar-refractivity contribution in [2.75, 3.05) is 19.8 Å². The fourth-order valence-electron chi connectivity index (χ4n) is 1.51. The van der Waals surface area contributed by atoms with E-state index < -0.39 is 4.92 Å². The van der Waals surface area contributed by atoms with Crippen molar-refractivity contribution in [2.45, 2.75) is 6.92 Å². The molecule has 1 aliphatic rings. The van der Waals surface area contributed by atoms with Gasteiger partial charge in [0.1, 0.15) is 5.75 Å². The highest BCUT2D eigenvalue weighted by Gasteiger charge is 2.34. The Labute approximate surface area is 112 Å². The third kappa shape index (κ3) is 2.86. The lowest BCUT2D eigenvalue weighted by atomic mass is 9.90. The van der Waals surface area contributed by atoms with E-state index in [0.29, 0.717) is 29.1 Å². The Balaban J connectivity index is 2.06. The first-order valence-electron chi connectivity index (χ1n) is 5.15. The van der Waals surface area contributed by atoms with Crippen LogP contribution in [-0.4, -0.2) is 24.7 Å². The Kier molecular flexibility index (Phi) is 3.53. The summed E-state index contributed by atoms with van der Waals surface area (Å²) >= 11 is 1.94. The summed E-state index contributed by atoms with van der Waals surface area (Å²) in [5.41, 5.74) is 0.121. The third-order valence-electron chi connectivity index (χ3n) is 2.60. The zero-order valence-corrected chi connectivity index (χ0v) is 11.5. The summed E-state index contributed by atoms with van der Waals surface area (Å²) in [6.07, 6.45) is 0. The van der Waals surface area contributed by atoms with Crippen LogP contribution in [0.5, 0.6) is 5.75 Å². The molecule has 0 amide bonds. The minimum absolute atomic E-state index is 0.0395. The number of nitro groups is 1. The number of benzene rings is 1. The van der Waals surface area contributed by atoms with Gasteiger partial charge in [0.25, 0.3) is 5.69 Å². The van der Waals surface area contributed by atoms with Gasteiger partial charge in [0.15, 0.2) is 0 Å². The van der Waals surface area contributed by atoms with Gasteiger partial charge in [0.2, 0.25) is 0 Å². The Bertz CT molecular complexity index is 445. The van der Waals surface area contributed by atoms with Crippen molar-refractivity contribution in [3.63, 3.8) is 0 Å². The molecule has 0 saturated carbocycles. The van der Waals surface area contributed by atoms with Crippen LogP contribution in [0.3, 0.4) is 0 Å². The molecular weight excluding hydrogens is 337 g/mol. The number of nitrogens with zero attached hydrogens (tertiary/aromatic N) is 1. The highest BCUT2D eigenvalue weighted by molar-refractivity contribution is 14.1. The van der Waals surface area contributed by atoms with Gasteiger partial charge >= 0.3 is 0 Å². The van der Waals surface area contributed by atoms with Crippen LogP contribution in [0.1, 0.15) is 6.92 Å². The third-order valence-corrected chi connectivity index (χ3v) is 3.51. The molecule has 6 heteroatoms. The summed E-state index contributed by atoms with van der Waals surface area (Å²) in [6.45, 7) is 3.95. The Morgan fingerprint density at radius 2 is 2.29 bits per heavy atom. The van der Waals surface area contributed by atoms with Gasteiger partial charge in [-0.05, 0) is 34.7 Å². The molecule has 1 fully saturated rings. The van der Waals surface area contributed by atoms with Crippen LogP contribution in [0, 0.1) is 19.1 Å². The summed E-state index contributed by atoms with van der Waals surface area (Å²) in [5.74, 6) is 0.533. The topological polar surface area (TPSA) is 61.6 Å². The van der Waals surface area contributed by atoms with E-state index in [4.69, 9.17) is 9.47 Å². The molecule has 17 heavy (non-hydrogen) atoms. The van der Waals surface area contributed by atoms with Crippen molar-refractivity contribution < 1.29 is 14.4 Å². The van der Waals surface area contributed by atoms with Crippen molar-refractivity contribution >= 4 is 28.3 Å². The van der Waals surface area contributed by atoms with E-state index in [1.165, 1.54) is 6.07 Å². The van der Waals surface area contributed by atoms with E-state index in [9.17, 15) is 10.1 Å². The van der Waals surface area contributed by atoms with Gasteiger partial charge in [-0.2, -0.15) is 0 Å². The van der Waals surface area contributed by atoms with Crippen LogP contribution in [0.2, 0.25) is 0 Å². The maximum Gasteiger partial charge on any atom is 0.286 e. The lowest BCUT2D eigenvalue weighted by Gasteiger charge is -2.37. The SMILES string of the molecule is CC1(COc2ccc(I)c([N+](=O)[O-])c2)COC1. The van der Waals surface area contributed by atoms with E-state index >= 15 is 0 Å². The highest BCUT2D eigenvalue weighted by Crippen LogP contribution is 2.30. The van der Waals surface area contributed by atoms with Crippen LogP contribution in [0.15, 0.2) is 18.2 Å². The average Bonchev–Trinajstić information content (AvgIpc) is 2.25. The van der Waals surface area contributed by atoms with Gasteiger partial charge in [-0.15, -0.1) is 0 Å². The molecule has 0 radical (unpaired) electrons. The molecule has 0 N–H and O–H groups in total. The molecule has 0 bridgehead atoms. The van der Waals surface area contributed by atoms with E-state index in [0.717, 1.165) is 0 Å². The van der Waals surface area contributed by atoms with Gasteiger partial charge in [0, 0.05) is 5.41 Å². The van der Waals surface area contributed by atoms with Crippen LogP contribution < -0.4 is 4.74 Å². The summed E-state index contributed by atoms with van der Waals surface area (Å²) in [5, 5.41) is 10.8. The van der Waals surface area contributed by atoms with Crippen LogP contribution in [0.25, 0.3) is 0 Å². The number of ether oxygens (including phenoxy) is 2. The molecule has 0 unspecified atom stereocenters. The van der Waals surface area contributed by atoms with Crippen molar-refractivity contribution in [1.29, 1.82) is 0 Å². The monoisotopic (exact) mass is 349 g/mol. The highest BCUT2D eigenvalue weighted by atomic mass is 127. The van der Waals surface area contributed by atoms with Crippen molar-refractivity contribution in [1.82, 2.24) is 0 Å². The molecule has 1 aromatic carbocycles. The fraction of sp³-hybridized carbons (Fsp3) is 0.455. The lowest BCUT2D eigenvalue weighted by Crippen LogP contribution is -2.44. The number of rotatable bonds is 4. The number of halogens is 1. The minimum atomic E-state index is -0.400. The van der Waals surface area contributed by atoms with E-state index in [1.807, 2.05) is 22.6 Å². The lowest BCUT2D eigenvalue weighted by molar-refractivity contribution is -0.385. The number of hydrogen-bond acceptors (Lipinski definition) is 4. The molecular formula is C11H12INO4. The first-order valence-corrected chi connectivity index (χ1v) is 6.23. The van der Waals surface area contributed by atoms with E-state index in [2.05, 4.69) is 6.92 Å². The van der Waals surface area contributed by atoms with Crippen LogP contribution in [0.4, 0.5) is 5.69 Å². The van der Waals surface area contributed by atoms with Gasteiger partial charge in [-0.1, -0.05) is 6.92 Å². The summed E-state index contributed by atoms with van der Waals surface area (Å²) in [4.78, 5) is 10.4. The predicted molar refractivity (Wildman–Crippen MR) is 70.2 cm³/mol. The molecule has 1 heterocycles. The maximum absolute atomic E-state index is 10.8. The van der Waals surface area contributed by atoms with Gasteiger partial charge in [-0.3, -0.25) is 10.1 Å². The summed E-state index contributed by atoms with van der Waals surface area (Å²) in [6, 6.07) is 4.90. The second kappa shape index (κ2) is 4.77. The molecule has 2 rings (SSSR count). The maximum atomic E-state index is 10.8. The summed E-state index contributed by atoms with van der Waals surface area (Å²) in [7, 11) is 0. The minimum Gasteiger partial charge on any atom is -0.493 e. The molecule has 0 aromatic heterocycles. The van der Waals surface area contributed by atoms with Crippen molar-refractivity contribution in [3.05, 3.63) is 31.9 Å². The smallest absolute Gasteiger partial charge is 0.286 e.